The molecule has 0 radical (unpaired) electrons. The maximum absolute atomic E-state index is 12.9. The summed E-state index contributed by atoms with van der Waals surface area (Å²) < 4.78 is 28.9. The fraction of sp³-hybridized carbons (Fsp3) is 0.278. The SMILES string of the molecule is Cc1nccn1-c1cc(N2CCN(S(=O)(=O)c3ccc([N+](=O)[O-])cc3)CC2)ncn1. The fourth-order valence-corrected chi connectivity index (χ4v) is 4.73. The van der Waals surface area contributed by atoms with Gasteiger partial charge in [0, 0.05) is 56.8 Å². The molecule has 1 aliphatic heterocycles. The molecule has 1 saturated heterocycles. The first-order chi connectivity index (χ1) is 14.4. The number of imidazole rings is 1. The molecule has 1 aliphatic rings. The van der Waals surface area contributed by atoms with E-state index in [9.17, 15) is 18.5 Å². The first-order valence-electron chi connectivity index (χ1n) is 9.18. The number of anilines is 1. The quantitative estimate of drug-likeness (QED) is 0.440. The second-order valence-electron chi connectivity index (χ2n) is 6.72. The lowest BCUT2D eigenvalue weighted by Gasteiger charge is -2.34. The Hall–Kier alpha value is -3.38. The zero-order valence-corrected chi connectivity index (χ0v) is 16.9. The molecule has 0 N–H and O–H groups in total. The van der Waals surface area contributed by atoms with Crippen LogP contribution in [-0.4, -0.2) is 63.3 Å². The number of piperazine rings is 1. The van der Waals surface area contributed by atoms with Gasteiger partial charge in [0.25, 0.3) is 5.69 Å². The van der Waals surface area contributed by atoms with Gasteiger partial charge in [0.2, 0.25) is 10.0 Å². The third kappa shape index (κ3) is 3.74. The van der Waals surface area contributed by atoms with Crippen LogP contribution in [0, 0.1) is 17.0 Å². The molecule has 0 bridgehead atoms. The van der Waals surface area contributed by atoms with Crippen molar-refractivity contribution in [1.82, 2.24) is 23.8 Å². The van der Waals surface area contributed by atoms with Gasteiger partial charge >= 0.3 is 0 Å². The minimum atomic E-state index is -3.72. The highest BCUT2D eigenvalue weighted by atomic mass is 32.2. The van der Waals surface area contributed by atoms with E-state index in [1.165, 1.54) is 34.9 Å². The second kappa shape index (κ2) is 7.80. The Labute approximate surface area is 172 Å². The van der Waals surface area contributed by atoms with Crippen LogP contribution in [0.15, 0.2) is 53.9 Å². The van der Waals surface area contributed by atoms with Crippen LogP contribution in [0.2, 0.25) is 0 Å². The summed E-state index contributed by atoms with van der Waals surface area (Å²) in [6, 6.07) is 6.77. The molecule has 2 aromatic heterocycles. The molecule has 0 unspecified atom stereocenters. The van der Waals surface area contributed by atoms with Gasteiger partial charge in [0.1, 0.15) is 23.8 Å². The predicted octanol–water partition coefficient (Wildman–Crippen LogP) is 1.39. The number of hydrogen-bond donors (Lipinski definition) is 0. The molecule has 0 aliphatic carbocycles. The number of nitrogens with zero attached hydrogens (tertiary/aromatic N) is 7. The van der Waals surface area contributed by atoms with E-state index in [2.05, 4.69) is 15.0 Å². The summed E-state index contributed by atoms with van der Waals surface area (Å²) in [5, 5.41) is 10.8. The maximum Gasteiger partial charge on any atom is 0.269 e. The van der Waals surface area contributed by atoms with Gasteiger partial charge in [-0.3, -0.25) is 14.7 Å². The summed E-state index contributed by atoms with van der Waals surface area (Å²) in [7, 11) is -3.72. The molecule has 3 heterocycles. The number of sulfonamides is 1. The zero-order valence-electron chi connectivity index (χ0n) is 16.1. The molecule has 30 heavy (non-hydrogen) atoms. The number of non-ortho nitro benzene ring substituents is 1. The molecule has 0 amide bonds. The highest BCUT2D eigenvalue weighted by molar-refractivity contribution is 7.89. The van der Waals surface area contributed by atoms with Crippen molar-refractivity contribution >= 4 is 21.5 Å². The van der Waals surface area contributed by atoms with E-state index in [0.29, 0.717) is 24.7 Å². The Morgan fingerprint density at radius 2 is 1.67 bits per heavy atom. The minimum absolute atomic E-state index is 0.0430. The predicted molar refractivity (Wildman–Crippen MR) is 108 cm³/mol. The monoisotopic (exact) mass is 429 g/mol. The molecule has 0 spiro atoms. The summed E-state index contributed by atoms with van der Waals surface area (Å²) in [6.45, 7) is 3.37. The average Bonchev–Trinajstić information content (AvgIpc) is 3.20. The van der Waals surface area contributed by atoms with Gasteiger partial charge in [-0.25, -0.2) is 23.4 Å². The van der Waals surface area contributed by atoms with E-state index in [1.807, 2.05) is 28.7 Å². The summed E-state index contributed by atoms with van der Waals surface area (Å²) >= 11 is 0. The zero-order chi connectivity index (χ0) is 21.3. The summed E-state index contributed by atoms with van der Waals surface area (Å²) in [4.78, 5) is 25.1. The smallest absolute Gasteiger partial charge is 0.269 e. The highest BCUT2D eigenvalue weighted by Crippen LogP contribution is 2.23. The average molecular weight is 429 g/mol. The van der Waals surface area contributed by atoms with Crippen molar-refractivity contribution in [3.05, 3.63) is 65.0 Å². The summed E-state index contributed by atoms with van der Waals surface area (Å²) in [5.74, 6) is 2.20. The molecule has 12 heteroatoms. The lowest BCUT2D eigenvalue weighted by Crippen LogP contribution is -2.48. The van der Waals surface area contributed by atoms with Crippen molar-refractivity contribution in [2.75, 3.05) is 31.1 Å². The van der Waals surface area contributed by atoms with E-state index in [4.69, 9.17) is 0 Å². The first kappa shape index (κ1) is 19.9. The number of rotatable bonds is 5. The molecular formula is C18H19N7O4S. The van der Waals surface area contributed by atoms with Gasteiger partial charge < -0.3 is 4.90 Å². The number of aryl methyl sites for hydroxylation is 1. The van der Waals surface area contributed by atoms with E-state index in [0.717, 1.165) is 5.82 Å². The number of hydrogen-bond acceptors (Lipinski definition) is 8. The maximum atomic E-state index is 12.9. The third-order valence-electron chi connectivity index (χ3n) is 4.96. The first-order valence-corrected chi connectivity index (χ1v) is 10.6. The second-order valence-corrected chi connectivity index (χ2v) is 8.66. The normalized spacial score (nSPS) is 15.3. The van der Waals surface area contributed by atoms with Crippen LogP contribution < -0.4 is 4.90 Å². The lowest BCUT2D eigenvalue weighted by atomic mass is 10.3. The Balaban J connectivity index is 1.47. The van der Waals surface area contributed by atoms with Gasteiger partial charge in [-0.05, 0) is 19.1 Å². The van der Waals surface area contributed by atoms with Crippen molar-refractivity contribution in [3.63, 3.8) is 0 Å². The van der Waals surface area contributed by atoms with E-state index in [-0.39, 0.29) is 23.7 Å². The topological polar surface area (TPSA) is 127 Å². The molecule has 3 aromatic rings. The number of nitro groups is 1. The fourth-order valence-electron chi connectivity index (χ4n) is 3.31. The lowest BCUT2D eigenvalue weighted by molar-refractivity contribution is -0.384. The van der Waals surface area contributed by atoms with Crippen LogP contribution in [0.25, 0.3) is 5.82 Å². The largest absolute Gasteiger partial charge is 0.354 e. The van der Waals surface area contributed by atoms with Gasteiger partial charge in [-0.2, -0.15) is 4.31 Å². The molecular weight excluding hydrogens is 410 g/mol. The molecule has 1 fully saturated rings. The molecule has 0 saturated carbocycles. The van der Waals surface area contributed by atoms with Crippen LogP contribution in [-0.2, 0) is 10.0 Å². The van der Waals surface area contributed by atoms with Gasteiger partial charge in [-0.15, -0.1) is 0 Å². The number of benzene rings is 1. The van der Waals surface area contributed by atoms with Crippen molar-refractivity contribution in [2.45, 2.75) is 11.8 Å². The summed E-state index contributed by atoms with van der Waals surface area (Å²) in [6.07, 6.45) is 4.99. The van der Waals surface area contributed by atoms with Crippen molar-refractivity contribution in [3.8, 4) is 5.82 Å². The van der Waals surface area contributed by atoms with Crippen LogP contribution in [0.4, 0.5) is 11.5 Å². The van der Waals surface area contributed by atoms with Crippen LogP contribution in [0.1, 0.15) is 5.82 Å². The van der Waals surface area contributed by atoms with Crippen molar-refractivity contribution in [1.29, 1.82) is 0 Å². The standard InChI is InChI=1S/C18H19N7O4S/c1-14-19-6-7-24(14)18-12-17(20-13-21-18)22-8-10-23(11-9-22)30(28,29)16-4-2-15(3-5-16)25(26)27/h2-7,12-13H,8-11H2,1H3. The van der Waals surface area contributed by atoms with Gasteiger partial charge in [0.05, 0.1) is 9.82 Å². The highest BCUT2D eigenvalue weighted by Gasteiger charge is 2.29. The number of nitro benzene ring substituents is 1. The molecule has 0 atom stereocenters. The third-order valence-corrected chi connectivity index (χ3v) is 6.87. The molecule has 1 aromatic carbocycles. The van der Waals surface area contributed by atoms with Crippen molar-refractivity contribution in [2.24, 2.45) is 0 Å². The van der Waals surface area contributed by atoms with Crippen LogP contribution in [0.3, 0.4) is 0 Å². The molecule has 4 rings (SSSR count). The molecule has 11 nitrogen and oxygen atoms in total. The van der Waals surface area contributed by atoms with Crippen LogP contribution in [0.5, 0.6) is 0 Å². The van der Waals surface area contributed by atoms with E-state index >= 15 is 0 Å². The van der Waals surface area contributed by atoms with Crippen LogP contribution >= 0.6 is 0 Å². The Kier molecular flexibility index (Phi) is 5.18. The summed E-state index contributed by atoms with van der Waals surface area (Å²) in [5.41, 5.74) is -0.147. The Morgan fingerprint density at radius 3 is 2.27 bits per heavy atom. The Bertz CT molecular complexity index is 1170. The van der Waals surface area contributed by atoms with Gasteiger partial charge in [-0.1, -0.05) is 0 Å². The van der Waals surface area contributed by atoms with Gasteiger partial charge in [0.15, 0.2) is 0 Å². The van der Waals surface area contributed by atoms with E-state index in [1.54, 1.807) is 6.20 Å². The Morgan fingerprint density at radius 1 is 1.00 bits per heavy atom. The van der Waals surface area contributed by atoms with E-state index < -0.39 is 14.9 Å². The van der Waals surface area contributed by atoms with Crippen molar-refractivity contribution < 1.29 is 13.3 Å². The minimum Gasteiger partial charge on any atom is -0.354 e. The molecule has 156 valence electrons. The number of aromatic nitrogens is 4.